The molecule has 1 aliphatic heterocycles. The lowest BCUT2D eigenvalue weighted by Gasteiger charge is -2.47. The van der Waals surface area contributed by atoms with Gasteiger partial charge in [-0.15, -0.1) is 0 Å². The van der Waals surface area contributed by atoms with Crippen LogP contribution in [0.5, 0.6) is 0 Å². The second-order valence-corrected chi connectivity index (χ2v) is 11.5. The average molecular weight is 450 g/mol. The van der Waals surface area contributed by atoms with Crippen molar-refractivity contribution >= 4 is 0 Å². The van der Waals surface area contributed by atoms with E-state index in [1.54, 1.807) is 0 Å². The molecule has 4 rings (SSSR count). The van der Waals surface area contributed by atoms with Gasteiger partial charge in [-0.2, -0.15) is 0 Å². The molecule has 0 spiro atoms. The Morgan fingerprint density at radius 3 is 2.66 bits per heavy atom. The van der Waals surface area contributed by atoms with Crippen LogP contribution in [0.2, 0.25) is 0 Å². The van der Waals surface area contributed by atoms with Gasteiger partial charge in [0, 0.05) is 32.0 Å². The van der Waals surface area contributed by atoms with Gasteiger partial charge in [-0.05, 0) is 79.8 Å². The molecule has 3 nitrogen and oxygen atoms in total. The second kappa shape index (κ2) is 8.96. The largest absolute Gasteiger partial charge is 0.393 e. The second-order valence-electron chi connectivity index (χ2n) is 11.5. The molecule has 180 valence electrons. The van der Waals surface area contributed by atoms with Gasteiger partial charge in [-0.1, -0.05) is 38.2 Å². The predicted octanol–water partition coefficient (Wildman–Crippen LogP) is 5.35. The van der Waals surface area contributed by atoms with E-state index in [4.69, 9.17) is 0 Å². The summed E-state index contributed by atoms with van der Waals surface area (Å²) in [5, 5.41) is 20.2. The summed E-state index contributed by atoms with van der Waals surface area (Å²) in [7, 11) is 0. The molecule has 0 amide bonds. The Morgan fingerprint density at radius 1 is 1.25 bits per heavy atom. The van der Waals surface area contributed by atoms with Gasteiger partial charge in [0.1, 0.15) is 0 Å². The number of hydrogen-bond acceptors (Lipinski definition) is 3. The highest BCUT2D eigenvalue weighted by atomic mass is 19.3. The third kappa shape index (κ3) is 4.63. The first kappa shape index (κ1) is 24.1. The van der Waals surface area contributed by atoms with Gasteiger partial charge in [0.2, 0.25) is 0 Å². The molecular formula is C27H41F2NO2. The van der Waals surface area contributed by atoms with Crippen molar-refractivity contribution in [3.8, 4) is 0 Å². The Labute approximate surface area is 192 Å². The zero-order valence-corrected chi connectivity index (χ0v) is 20.0. The summed E-state index contributed by atoms with van der Waals surface area (Å²) in [5.74, 6) is -1.34. The van der Waals surface area contributed by atoms with E-state index in [0.717, 1.165) is 31.0 Å². The number of likely N-dealkylation sites (tertiary alicyclic amines) is 1. The lowest BCUT2D eigenvalue weighted by molar-refractivity contribution is -0.109. The molecule has 32 heavy (non-hydrogen) atoms. The molecule has 0 aromatic carbocycles. The number of nitrogens with zero attached hydrogens (tertiary/aromatic N) is 1. The quantitative estimate of drug-likeness (QED) is 0.595. The van der Waals surface area contributed by atoms with E-state index < -0.39 is 24.0 Å². The molecular weight excluding hydrogens is 408 g/mol. The van der Waals surface area contributed by atoms with E-state index in [0.29, 0.717) is 43.7 Å². The summed E-state index contributed by atoms with van der Waals surface area (Å²) in [6, 6.07) is 0. The maximum Gasteiger partial charge on any atom is 0.250 e. The van der Waals surface area contributed by atoms with Crippen molar-refractivity contribution in [1.82, 2.24) is 4.90 Å². The Kier molecular flexibility index (Phi) is 6.75. The normalized spacial score (nSPS) is 40.5. The highest BCUT2D eigenvalue weighted by Gasteiger charge is 2.51. The molecule has 4 aliphatic rings. The fourth-order valence-corrected chi connectivity index (χ4v) is 7.25. The van der Waals surface area contributed by atoms with E-state index >= 15 is 0 Å². The van der Waals surface area contributed by atoms with Crippen molar-refractivity contribution in [2.75, 3.05) is 19.6 Å². The highest BCUT2D eigenvalue weighted by Crippen LogP contribution is 2.59. The summed E-state index contributed by atoms with van der Waals surface area (Å²) >= 11 is 0. The van der Waals surface area contributed by atoms with Crippen molar-refractivity contribution < 1.29 is 19.0 Å². The summed E-state index contributed by atoms with van der Waals surface area (Å²) < 4.78 is 27.0. The van der Waals surface area contributed by atoms with Crippen molar-refractivity contribution in [3.63, 3.8) is 0 Å². The monoisotopic (exact) mass is 449 g/mol. The molecule has 0 aromatic heterocycles. The van der Waals surface area contributed by atoms with Gasteiger partial charge in [0.25, 0.3) is 5.92 Å². The molecule has 0 radical (unpaired) electrons. The van der Waals surface area contributed by atoms with Crippen LogP contribution in [0.3, 0.4) is 0 Å². The zero-order chi connectivity index (χ0) is 23.3. The number of fused-ring (bicyclic) bond motifs is 1. The predicted molar refractivity (Wildman–Crippen MR) is 124 cm³/mol. The summed E-state index contributed by atoms with van der Waals surface area (Å²) in [6.45, 7) is 11.9. The Balaban J connectivity index is 1.42. The molecule has 3 saturated carbocycles. The SMILES string of the molecule is C=C1C(=CC=C2CCC[C@]3(C)[C@@H](C(C)CN4CC(C(C)(F)F)C4)CC[C@@H]23)C[C@@H](O)C[C@@H]1O. The summed E-state index contributed by atoms with van der Waals surface area (Å²) in [6.07, 6.45) is 10.1. The van der Waals surface area contributed by atoms with Crippen LogP contribution in [-0.4, -0.2) is 52.9 Å². The lowest BCUT2D eigenvalue weighted by atomic mass is 9.61. The fraction of sp³-hybridized carbons (Fsp3) is 0.778. The lowest BCUT2D eigenvalue weighted by Crippen LogP contribution is -2.55. The van der Waals surface area contributed by atoms with Crippen LogP contribution in [0.15, 0.2) is 35.5 Å². The molecule has 3 aliphatic carbocycles. The fourth-order valence-electron chi connectivity index (χ4n) is 7.25. The van der Waals surface area contributed by atoms with E-state index in [1.165, 1.54) is 31.3 Å². The molecule has 0 bridgehead atoms. The van der Waals surface area contributed by atoms with Crippen molar-refractivity contribution in [2.24, 2.45) is 29.1 Å². The van der Waals surface area contributed by atoms with Crippen molar-refractivity contribution in [1.29, 1.82) is 0 Å². The van der Waals surface area contributed by atoms with Gasteiger partial charge in [0.15, 0.2) is 0 Å². The highest BCUT2D eigenvalue weighted by molar-refractivity contribution is 5.38. The smallest absolute Gasteiger partial charge is 0.250 e. The molecule has 4 fully saturated rings. The Hall–Kier alpha value is -1.04. The third-order valence-electron chi connectivity index (χ3n) is 9.21. The molecule has 0 aromatic rings. The summed E-state index contributed by atoms with van der Waals surface area (Å²) in [5.41, 5.74) is 3.48. The Bertz CT molecular complexity index is 779. The van der Waals surface area contributed by atoms with Crippen LogP contribution >= 0.6 is 0 Å². The van der Waals surface area contributed by atoms with Gasteiger partial charge in [-0.3, -0.25) is 0 Å². The minimum atomic E-state index is -2.56. The van der Waals surface area contributed by atoms with Crippen molar-refractivity contribution in [2.45, 2.75) is 83.8 Å². The first-order chi connectivity index (χ1) is 15.0. The maximum atomic E-state index is 13.5. The first-order valence-corrected chi connectivity index (χ1v) is 12.5. The zero-order valence-electron chi connectivity index (χ0n) is 20.0. The molecule has 1 heterocycles. The number of alkyl halides is 2. The van der Waals surface area contributed by atoms with E-state index in [9.17, 15) is 19.0 Å². The van der Waals surface area contributed by atoms with Crippen LogP contribution < -0.4 is 0 Å². The number of allylic oxidation sites excluding steroid dienone is 3. The van der Waals surface area contributed by atoms with Gasteiger partial charge >= 0.3 is 0 Å². The van der Waals surface area contributed by atoms with Crippen LogP contribution in [0.4, 0.5) is 8.78 Å². The maximum absolute atomic E-state index is 13.5. The van der Waals surface area contributed by atoms with Crippen LogP contribution in [0.1, 0.15) is 65.7 Å². The van der Waals surface area contributed by atoms with Gasteiger partial charge in [0.05, 0.1) is 12.2 Å². The average Bonchev–Trinajstić information content (AvgIpc) is 3.02. The van der Waals surface area contributed by atoms with Crippen LogP contribution in [0.25, 0.3) is 0 Å². The van der Waals surface area contributed by atoms with Crippen LogP contribution in [-0.2, 0) is 0 Å². The minimum absolute atomic E-state index is 0.267. The summed E-state index contributed by atoms with van der Waals surface area (Å²) in [4.78, 5) is 2.22. The number of hydrogen-bond donors (Lipinski definition) is 2. The van der Waals surface area contributed by atoms with Gasteiger partial charge < -0.3 is 15.1 Å². The van der Waals surface area contributed by atoms with Gasteiger partial charge in [-0.25, -0.2) is 8.78 Å². The molecule has 1 unspecified atom stereocenters. The number of aliphatic hydroxyl groups is 2. The van der Waals surface area contributed by atoms with E-state index in [1.807, 2.05) is 0 Å². The number of halogens is 2. The molecule has 6 atom stereocenters. The third-order valence-corrected chi connectivity index (χ3v) is 9.21. The number of aliphatic hydroxyl groups excluding tert-OH is 2. The topological polar surface area (TPSA) is 43.7 Å². The standard InChI is InChI=1S/C27H41F2NO2/c1-17(14-30-15-21(16-30)27(4,28)29)23-9-10-24-19(6-5-11-26(23,24)3)7-8-20-12-22(31)13-25(32)18(20)2/h7-8,17,21-25,31-32H,2,5-6,9-16H2,1,3-4H3/t17?,22-,23-,24+,25+,26-/m1/s1. The molecule has 5 heteroatoms. The number of rotatable bonds is 5. The van der Waals surface area contributed by atoms with Crippen molar-refractivity contribution in [3.05, 3.63) is 35.5 Å². The molecule has 2 N–H and O–H groups in total. The van der Waals surface area contributed by atoms with E-state index in [-0.39, 0.29) is 5.41 Å². The molecule has 1 saturated heterocycles. The van der Waals surface area contributed by atoms with Crippen LogP contribution in [0, 0.1) is 29.1 Å². The first-order valence-electron chi connectivity index (χ1n) is 12.5. The van der Waals surface area contributed by atoms with E-state index in [2.05, 4.69) is 37.5 Å². The Morgan fingerprint density at radius 2 is 1.97 bits per heavy atom. The minimum Gasteiger partial charge on any atom is -0.393 e.